The van der Waals surface area contributed by atoms with Crippen molar-refractivity contribution in [2.45, 2.75) is 26.2 Å². The van der Waals surface area contributed by atoms with Gasteiger partial charge >= 0.3 is 5.97 Å². The van der Waals surface area contributed by atoms with Gasteiger partial charge in [0.15, 0.2) is 0 Å². The molecule has 2 heteroatoms. The molecule has 6 rings (SSSR count). The van der Waals surface area contributed by atoms with Crippen LogP contribution < -0.4 is 4.74 Å². The van der Waals surface area contributed by atoms with Gasteiger partial charge in [-0.3, -0.25) is 4.79 Å². The van der Waals surface area contributed by atoms with Gasteiger partial charge in [0.25, 0.3) is 0 Å². The van der Waals surface area contributed by atoms with Crippen LogP contribution in [0, 0.1) is 40.9 Å². The molecule has 2 aromatic carbocycles. The summed E-state index contributed by atoms with van der Waals surface area (Å²) in [6.45, 7) is 2.18. The molecule has 0 heterocycles. The zero-order chi connectivity index (χ0) is 18.9. The fraction of sp³-hybridized carbons (Fsp3) is 0.423. The Labute approximate surface area is 166 Å². The van der Waals surface area contributed by atoms with E-state index in [2.05, 4.69) is 31.2 Å². The van der Waals surface area contributed by atoms with E-state index in [-0.39, 0.29) is 11.4 Å². The molecule has 0 amide bonds. The van der Waals surface area contributed by atoms with E-state index in [0.29, 0.717) is 29.4 Å². The van der Waals surface area contributed by atoms with Crippen LogP contribution in [0.25, 0.3) is 11.1 Å². The minimum absolute atomic E-state index is 0.0198. The number of hydrogen-bond acceptors (Lipinski definition) is 2. The van der Waals surface area contributed by atoms with Crippen molar-refractivity contribution in [1.29, 1.82) is 0 Å². The number of benzene rings is 2. The average molecular weight is 370 g/mol. The molecule has 4 aliphatic carbocycles. The second-order valence-electron chi connectivity index (χ2n) is 9.58. The van der Waals surface area contributed by atoms with E-state index in [0.717, 1.165) is 29.4 Å². The van der Waals surface area contributed by atoms with E-state index in [1.54, 1.807) is 0 Å². The van der Waals surface area contributed by atoms with Crippen LogP contribution in [0.1, 0.15) is 26.2 Å². The van der Waals surface area contributed by atoms with Crippen LogP contribution >= 0.6 is 0 Å². The van der Waals surface area contributed by atoms with E-state index < -0.39 is 0 Å². The number of carbonyl (C=O) groups is 1. The number of allylic oxidation sites excluding steroid dienone is 2. The molecule has 0 spiro atoms. The van der Waals surface area contributed by atoms with Crippen molar-refractivity contribution < 1.29 is 9.53 Å². The summed E-state index contributed by atoms with van der Waals surface area (Å²) < 4.78 is 6.11. The molecule has 4 aliphatic rings. The maximum Gasteiger partial charge on any atom is 0.317 e. The maximum atomic E-state index is 13.5. The second-order valence-corrected chi connectivity index (χ2v) is 9.58. The SMILES string of the molecule is CC1(C(=O)Oc2ccccc2-c2ccccc2)CC2CC1C1C3C=CC(C3)C21. The monoisotopic (exact) mass is 370 g/mol. The second kappa shape index (κ2) is 5.83. The summed E-state index contributed by atoms with van der Waals surface area (Å²) in [6.07, 6.45) is 8.43. The topological polar surface area (TPSA) is 26.3 Å². The third-order valence-electron chi connectivity index (χ3n) is 8.29. The van der Waals surface area contributed by atoms with Crippen LogP contribution in [-0.4, -0.2) is 5.97 Å². The molecule has 2 nitrogen and oxygen atoms in total. The Morgan fingerprint density at radius 1 is 0.929 bits per heavy atom. The van der Waals surface area contributed by atoms with Gasteiger partial charge in [0.1, 0.15) is 5.75 Å². The number of para-hydroxylation sites is 1. The van der Waals surface area contributed by atoms with Crippen LogP contribution in [-0.2, 0) is 4.79 Å². The fourth-order valence-electron chi connectivity index (χ4n) is 7.23. The fourth-order valence-corrected chi connectivity index (χ4v) is 7.23. The van der Waals surface area contributed by atoms with Crippen molar-refractivity contribution in [1.82, 2.24) is 0 Å². The quantitative estimate of drug-likeness (QED) is 0.298. The molecule has 2 aromatic rings. The van der Waals surface area contributed by atoms with Crippen molar-refractivity contribution >= 4 is 5.97 Å². The lowest BCUT2D eigenvalue weighted by Gasteiger charge is -2.41. The van der Waals surface area contributed by atoms with Gasteiger partial charge in [0.2, 0.25) is 0 Å². The first kappa shape index (κ1) is 16.6. The molecule has 0 N–H and O–H groups in total. The van der Waals surface area contributed by atoms with E-state index in [1.165, 1.54) is 12.8 Å². The van der Waals surface area contributed by atoms with Gasteiger partial charge < -0.3 is 4.74 Å². The molecule has 4 bridgehead atoms. The summed E-state index contributed by atoms with van der Waals surface area (Å²) in [7, 11) is 0. The van der Waals surface area contributed by atoms with Crippen LogP contribution in [0.4, 0.5) is 0 Å². The lowest BCUT2D eigenvalue weighted by Crippen LogP contribution is -2.44. The lowest BCUT2D eigenvalue weighted by atomic mass is 9.63. The van der Waals surface area contributed by atoms with Crippen LogP contribution in [0.5, 0.6) is 5.75 Å². The highest BCUT2D eigenvalue weighted by Crippen LogP contribution is 2.70. The van der Waals surface area contributed by atoms with Gasteiger partial charge in [-0.2, -0.15) is 0 Å². The molecular weight excluding hydrogens is 344 g/mol. The number of esters is 1. The van der Waals surface area contributed by atoms with E-state index >= 15 is 0 Å². The molecule has 0 saturated heterocycles. The number of fused-ring (bicyclic) bond motifs is 9. The van der Waals surface area contributed by atoms with Gasteiger partial charge in [-0.1, -0.05) is 60.7 Å². The Bertz CT molecular complexity index is 961. The van der Waals surface area contributed by atoms with Gasteiger partial charge in [-0.25, -0.2) is 0 Å². The lowest BCUT2D eigenvalue weighted by molar-refractivity contribution is -0.150. The first-order chi connectivity index (χ1) is 13.6. The summed E-state index contributed by atoms with van der Waals surface area (Å²) in [5, 5.41) is 0. The van der Waals surface area contributed by atoms with Gasteiger partial charge in [-0.05, 0) is 73.3 Å². The minimum Gasteiger partial charge on any atom is -0.425 e. The highest BCUT2D eigenvalue weighted by Gasteiger charge is 2.67. The van der Waals surface area contributed by atoms with E-state index in [4.69, 9.17) is 4.74 Å². The van der Waals surface area contributed by atoms with Crippen LogP contribution in [0.3, 0.4) is 0 Å². The molecule has 3 saturated carbocycles. The van der Waals surface area contributed by atoms with Gasteiger partial charge in [0.05, 0.1) is 5.41 Å². The third-order valence-corrected chi connectivity index (χ3v) is 8.29. The van der Waals surface area contributed by atoms with Crippen molar-refractivity contribution in [3.8, 4) is 16.9 Å². The Hall–Kier alpha value is -2.35. The summed E-state index contributed by atoms with van der Waals surface area (Å²) >= 11 is 0. The Kier molecular flexibility index (Phi) is 3.45. The Balaban J connectivity index is 1.29. The molecule has 142 valence electrons. The zero-order valence-corrected chi connectivity index (χ0v) is 16.3. The summed E-state index contributed by atoms with van der Waals surface area (Å²) in [5.74, 6) is 4.88. The molecule has 0 radical (unpaired) electrons. The van der Waals surface area contributed by atoms with Crippen molar-refractivity contribution in [2.24, 2.45) is 40.9 Å². The predicted octanol–water partition coefficient (Wildman–Crippen LogP) is 5.74. The minimum atomic E-state index is -0.339. The summed E-state index contributed by atoms with van der Waals surface area (Å²) in [6, 6.07) is 18.1. The maximum absolute atomic E-state index is 13.5. The smallest absolute Gasteiger partial charge is 0.317 e. The highest BCUT2D eigenvalue weighted by molar-refractivity contribution is 5.83. The van der Waals surface area contributed by atoms with E-state index in [9.17, 15) is 4.79 Å². The zero-order valence-electron chi connectivity index (χ0n) is 16.3. The summed E-state index contributed by atoms with van der Waals surface area (Å²) in [4.78, 5) is 13.5. The first-order valence-electron chi connectivity index (χ1n) is 10.7. The number of rotatable bonds is 3. The largest absolute Gasteiger partial charge is 0.425 e. The molecule has 28 heavy (non-hydrogen) atoms. The Morgan fingerprint density at radius 2 is 1.64 bits per heavy atom. The standard InChI is InChI=1S/C26H26O2/c1-26(15-19-14-21(26)24-18-12-11-17(13-18)23(19)24)25(27)28-22-10-6-5-9-20(22)16-7-3-2-4-8-16/h2-12,17-19,21,23-24H,13-15H2,1H3. The van der Waals surface area contributed by atoms with Crippen molar-refractivity contribution in [3.05, 3.63) is 66.7 Å². The Morgan fingerprint density at radius 3 is 2.46 bits per heavy atom. The highest BCUT2D eigenvalue weighted by atomic mass is 16.5. The van der Waals surface area contributed by atoms with Gasteiger partial charge in [-0.15, -0.1) is 0 Å². The van der Waals surface area contributed by atoms with Crippen molar-refractivity contribution in [2.75, 3.05) is 0 Å². The first-order valence-corrected chi connectivity index (χ1v) is 10.7. The average Bonchev–Trinajstić information content (AvgIpc) is 3.48. The molecule has 0 aromatic heterocycles. The molecule has 0 aliphatic heterocycles. The molecule has 7 atom stereocenters. The predicted molar refractivity (Wildman–Crippen MR) is 110 cm³/mol. The molecule has 7 unspecified atom stereocenters. The van der Waals surface area contributed by atoms with Gasteiger partial charge in [0, 0.05) is 5.56 Å². The van der Waals surface area contributed by atoms with E-state index in [1.807, 2.05) is 42.5 Å². The normalized spacial score (nSPS) is 39.3. The van der Waals surface area contributed by atoms with Crippen LogP contribution in [0.15, 0.2) is 66.7 Å². The number of hydrogen-bond donors (Lipinski definition) is 0. The third kappa shape index (κ3) is 2.18. The van der Waals surface area contributed by atoms with Crippen molar-refractivity contribution in [3.63, 3.8) is 0 Å². The van der Waals surface area contributed by atoms with Crippen LogP contribution in [0.2, 0.25) is 0 Å². The molecular formula is C26H26O2. The summed E-state index contributed by atoms with van der Waals surface area (Å²) in [5.41, 5.74) is 1.74. The number of ether oxygens (including phenoxy) is 1. The number of carbonyl (C=O) groups excluding carboxylic acids is 1. The molecule has 3 fully saturated rings.